The molecule has 1 saturated heterocycles. The molecule has 3 heterocycles. The van der Waals surface area contributed by atoms with E-state index >= 15 is 0 Å². The highest BCUT2D eigenvalue weighted by atomic mass is 16.2. The van der Waals surface area contributed by atoms with E-state index < -0.39 is 0 Å². The molecule has 1 aliphatic heterocycles. The number of amides is 1. The highest BCUT2D eigenvalue weighted by Gasteiger charge is 2.30. The van der Waals surface area contributed by atoms with E-state index in [0.29, 0.717) is 5.92 Å². The molecule has 1 amide bonds. The number of fused-ring (bicyclic) bond motifs is 1. The van der Waals surface area contributed by atoms with Gasteiger partial charge in [0.1, 0.15) is 11.5 Å². The second-order valence-electron chi connectivity index (χ2n) is 7.67. The van der Waals surface area contributed by atoms with Gasteiger partial charge < -0.3 is 14.0 Å². The summed E-state index contributed by atoms with van der Waals surface area (Å²) in [7, 11) is 2.01. The molecule has 5 nitrogen and oxygen atoms in total. The van der Waals surface area contributed by atoms with Gasteiger partial charge in [-0.05, 0) is 44.7 Å². The molecule has 4 rings (SSSR count). The van der Waals surface area contributed by atoms with Gasteiger partial charge in [-0.2, -0.15) is 0 Å². The fraction of sp³-hybridized carbons (Fsp3) is 0.455. The number of hydrogen-bond acceptors (Lipinski definition) is 2. The Kier molecular flexibility index (Phi) is 4.54. The SMILES string of the molecule is CCn1ccnc1C1CCCN(C(=O)c2c(C)c3cccc(C)c3n2C)C1. The van der Waals surface area contributed by atoms with Crippen LogP contribution in [-0.4, -0.2) is 38.0 Å². The molecule has 0 saturated carbocycles. The third-order valence-corrected chi connectivity index (χ3v) is 6.03. The summed E-state index contributed by atoms with van der Waals surface area (Å²) in [5.74, 6) is 1.57. The van der Waals surface area contributed by atoms with Crippen molar-refractivity contribution in [2.75, 3.05) is 13.1 Å². The van der Waals surface area contributed by atoms with Crippen molar-refractivity contribution in [1.82, 2.24) is 19.0 Å². The summed E-state index contributed by atoms with van der Waals surface area (Å²) < 4.78 is 4.28. The van der Waals surface area contributed by atoms with Gasteiger partial charge in [-0.1, -0.05) is 18.2 Å². The van der Waals surface area contributed by atoms with Crippen LogP contribution in [0.25, 0.3) is 10.9 Å². The molecule has 1 fully saturated rings. The Balaban J connectivity index is 1.67. The lowest BCUT2D eigenvalue weighted by atomic mass is 9.96. The zero-order chi connectivity index (χ0) is 19.1. The number of imidazole rings is 1. The van der Waals surface area contributed by atoms with Crippen LogP contribution in [0, 0.1) is 13.8 Å². The van der Waals surface area contributed by atoms with Crippen molar-refractivity contribution in [1.29, 1.82) is 0 Å². The third kappa shape index (κ3) is 2.85. The molecule has 1 unspecified atom stereocenters. The second kappa shape index (κ2) is 6.87. The largest absolute Gasteiger partial charge is 0.339 e. The summed E-state index contributed by atoms with van der Waals surface area (Å²) in [4.78, 5) is 20.1. The molecule has 142 valence electrons. The summed E-state index contributed by atoms with van der Waals surface area (Å²) in [6.07, 6.45) is 6.02. The van der Waals surface area contributed by atoms with Gasteiger partial charge in [0.25, 0.3) is 5.91 Å². The maximum atomic E-state index is 13.5. The van der Waals surface area contributed by atoms with Crippen molar-refractivity contribution >= 4 is 16.8 Å². The van der Waals surface area contributed by atoms with Gasteiger partial charge in [0.15, 0.2) is 0 Å². The van der Waals surface area contributed by atoms with Gasteiger partial charge >= 0.3 is 0 Å². The van der Waals surface area contributed by atoms with E-state index in [4.69, 9.17) is 0 Å². The number of rotatable bonds is 3. The van der Waals surface area contributed by atoms with Gasteiger partial charge in [-0.25, -0.2) is 4.98 Å². The third-order valence-electron chi connectivity index (χ3n) is 6.03. The molecule has 1 aromatic carbocycles. The Morgan fingerprint density at radius 2 is 2.11 bits per heavy atom. The number of aryl methyl sites for hydroxylation is 4. The minimum atomic E-state index is 0.143. The molecule has 1 aliphatic rings. The summed E-state index contributed by atoms with van der Waals surface area (Å²) >= 11 is 0. The lowest BCUT2D eigenvalue weighted by Crippen LogP contribution is -2.40. The molecule has 0 bridgehead atoms. The van der Waals surface area contributed by atoms with Crippen molar-refractivity contribution in [3.63, 3.8) is 0 Å². The van der Waals surface area contributed by atoms with Gasteiger partial charge in [-0.3, -0.25) is 4.79 Å². The fourth-order valence-electron chi connectivity index (χ4n) is 4.67. The first kappa shape index (κ1) is 17.8. The molecule has 5 heteroatoms. The fourth-order valence-corrected chi connectivity index (χ4v) is 4.67. The van der Waals surface area contributed by atoms with Gasteiger partial charge in [-0.15, -0.1) is 0 Å². The average Bonchev–Trinajstić information content (AvgIpc) is 3.25. The smallest absolute Gasteiger partial charge is 0.270 e. The first-order valence-electron chi connectivity index (χ1n) is 9.87. The van der Waals surface area contributed by atoms with Crippen molar-refractivity contribution in [3.05, 3.63) is 53.2 Å². The summed E-state index contributed by atoms with van der Waals surface area (Å²) in [6, 6.07) is 6.30. The number of carbonyl (C=O) groups is 1. The van der Waals surface area contributed by atoms with Crippen LogP contribution in [0.2, 0.25) is 0 Å². The maximum absolute atomic E-state index is 13.5. The molecular weight excluding hydrogens is 336 g/mol. The predicted molar refractivity (Wildman–Crippen MR) is 108 cm³/mol. The lowest BCUT2D eigenvalue weighted by Gasteiger charge is -2.33. The van der Waals surface area contributed by atoms with Crippen LogP contribution in [0.3, 0.4) is 0 Å². The first-order chi connectivity index (χ1) is 13.0. The van der Waals surface area contributed by atoms with E-state index in [1.165, 1.54) is 10.9 Å². The number of nitrogens with zero attached hydrogens (tertiary/aromatic N) is 4. The molecule has 27 heavy (non-hydrogen) atoms. The first-order valence-corrected chi connectivity index (χ1v) is 9.87. The van der Waals surface area contributed by atoms with Gasteiger partial charge in [0, 0.05) is 50.4 Å². The number of likely N-dealkylation sites (tertiary alicyclic amines) is 1. The lowest BCUT2D eigenvalue weighted by molar-refractivity contribution is 0.0693. The zero-order valence-electron chi connectivity index (χ0n) is 16.7. The van der Waals surface area contributed by atoms with Crippen molar-refractivity contribution in [2.45, 2.75) is 46.1 Å². The normalized spacial score (nSPS) is 17.6. The van der Waals surface area contributed by atoms with Crippen LogP contribution in [-0.2, 0) is 13.6 Å². The number of hydrogen-bond donors (Lipinski definition) is 0. The molecule has 0 aliphatic carbocycles. The minimum absolute atomic E-state index is 0.143. The van der Waals surface area contributed by atoms with E-state index in [0.717, 1.165) is 55.1 Å². The summed E-state index contributed by atoms with van der Waals surface area (Å²) in [5.41, 5.74) is 4.27. The van der Waals surface area contributed by atoms with Crippen LogP contribution in [0.4, 0.5) is 0 Å². The Morgan fingerprint density at radius 1 is 1.30 bits per heavy atom. The number of piperidine rings is 1. The molecule has 2 aromatic heterocycles. The van der Waals surface area contributed by atoms with Crippen LogP contribution in [0.15, 0.2) is 30.6 Å². The van der Waals surface area contributed by atoms with Crippen LogP contribution < -0.4 is 0 Å². The second-order valence-corrected chi connectivity index (χ2v) is 7.67. The topological polar surface area (TPSA) is 43.1 Å². The highest BCUT2D eigenvalue weighted by Crippen LogP contribution is 2.31. The number of aromatic nitrogens is 3. The molecule has 1 atom stereocenters. The maximum Gasteiger partial charge on any atom is 0.270 e. The van der Waals surface area contributed by atoms with E-state index in [9.17, 15) is 4.79 Å². The van der Waals surface area contributed by atoms with E-state index in [1.807, 2.05) is 24.3 Å². The number of benzene rings is 1. The molecule has 3 aromatic rings. The molecule has 0 N–H and O–H groups in total. The molecular formula is C22H28N4O. The Hall–Kier alpha value is -2.56. The zero-order valence-corrected chi connectivity index (χ0v) is 16.7. The summed E-state index contributed by atoms with van der Waals surface area (Å²) in [5, 5.41) is 1.18. The average molecular weight is 364 g/mol. The van der Waals surface area contributed by atoms with Crippen molar-refractivity contribution < 1.29 is 4.79 Å². The number of carbonyl (C=O) groups excluding carboxylic acids is 1. The molecule has 0 radical (unpaired) electrons. The van der Waals surface area contributed by atoms with Crippen molar-refractivity contribution in [2.24, 2.45) is 7.05 Å². The van der Waals surface area contributed by atoms with Gasteiger partial charge in [0.2, 0.25) is 0 Å². The summed E-state index contributed by atoms with van der Waals surface area (Å²) in [6.45, 7) is 8.80. The van der Waals surface area contributed by atoms with E-state index in [-0.39, 0.29) is 5.91 Å². The quantitative estimate of drug-likeness (QED) is 0.704. The van der Waals surface area contributed by atoms with Gasteiger partial charge in [0.05, 0.1) is 5.52 Å². The predicted octanol–water partition coefficient (Wildman–Crippen LogP) is 4.03. The monoisotopic (exact) mass is 364 g/mol. The Morgan fingerprint density at radius 3 is 2.85 bits per heavy atom. The Labute approximate surface area is 160 Å². The molecule has 0 spiro atoms. The highest BCUT2D eigenvalue weighted by molar-refractivity contribution is 6.02. The van der Waals surface area contributed by atoms with E-state index in [2.05, 4.69) is 53.1 Å². The standard InChI is InChI=1S/C22H28N4O/c1-5-25-13-11-23-21(25)17-9-7-12-26(14-17)22(27)20-16(3)18-10-6-8-15(2)19(18)24(20)4/h6,8,10-11,13,17H,5,7,9,12,14H2,1-4H3. The van der Waals surface area contributed by atoms with Crippen LogP contribution in [0.1, 0.15) is 53.1 Å². The number of para-hydroxylation sites is 1. The van der Waals surface area contributed by atoms with Crippen LogP contribution >= 0.6 is 0 Å². The van der Waals surface area contributed by atoms with Crippen LogP contribution in [0.5, 0.6) is 0 Å². The van der Waals surface area contributed by atoms with Crippen molar-refractivity contribution in [3.8, 4) is 0 Å². The minimum Gasteiger partial charge on any atom is -0.339 e. The Bertz CT molecular complexity index is 997. The van der Waals surface area contributed by atoms with E-state index in [1.54, 1.807) is 0 Å².